The van der Waals surface area contributed by atoms with Crippen LogP contribution in [0.2, 0.25) is 0 Å². The van der Waals surface area contributed by atoms with Crippen molar-refractivity contribution in [3.8, 4) is 0 Å². The van der Waals surface area contributed by atoms with Crippen LogP contribution in [0, 0.1) is 0 Å². The van der Waals surface area contributed by atoms with Crippen LogP contribution in [0.15, 0.2) is 78.9 Å². The van der Waals surface area contributed by atoms with Crippen LogP contribution >= 0.6 is 0 Å². The summed E-state index contributed by atoms with van der Waals surface area (Å²) in [5.41, 5.74) is 5.19. The number of nitrogens with one attached hydrogen (secondary N) is 1. The second-order valence-electron chi connectivity index (χ2n) is 9.28. The van der Waals surface area contributed by atoms with Crippen molar-refractivity contribution >= 4 is 28.7 Å². The molecule has 1 fully saturated rings. The number of carbonyl (C=O) groups is 3. The highest BCUT2D eigenvalue weighted by Gasteiger charge is 2.48. The Morgan fingerprint density at radius 2 is 1.69 bits per heavy atom. The summed E-state index contributed by atoms with van der Waals surface area (Å²) in [5, 5.41) is 1.06. The first kappa shape index (κ1) is 22.1. The van der Waals surface area contributed by atoms with Crippen LogP contribution in [0.3, 0.4) is 0 Å². The molecule has 1 N–H and O–H groups in total. The molecule has 2 amide bonds. The van der Waals surface area contributed by atoms with Crippen molar-refractivity contribution < 1.29 is 19.1 Å². The van der Waals surface area contributed by atoms with Gasteiger partial charge in [-0.1, -0.05) is 60.7 Å². The van der Waals surface area contributed by atoms with Gasteiger partial charge in [0.25, 0.3) is 0 Å². The third kappa shape index (κ3) is 3.55. The highest BCUT2D eigenvalue weighted by atomic mass is 16.5. The average Bonchev–Trinajstić information content (AvgIpc) is 3.29. The van der Waals surface area contributed by atoms with E-state index in [1.807, 2.05) is 60.7 Å². The fraction of sp³-hybridized carbons (Fsp3) is 0.207. The highest BCUT2D eigenvalue weighted by molar-refractivity contribution is 5.97. The SMILES string of the molecule is COC(=O)c1ccc([C@@H]2c3[nH]c4ccccc4c3C[C@@H]3C(=O)N(Cc4ccccc4)CC(=O)N23)cc1. The Bertz CT molecular complexity index is 1480. The fourth-order valence-electron chi connectivity index (χ4n) is 5.53. The molecule has 0 bridgehead atoms. The van der Waals surface area contributed by atoms with Gasteiger partial charge in [0.1, 0.15) is 12.6 Å². The van der Waals surface area contributed by atoms with Crippen LogP contribution in [-0.4, -0.2) is 52.3 Å². The monoisotopic (exact) mass is 479 g/mol. The van der Waals surface area contributed by atoms with E-state index in [4.69, 9.17) is 4.74 Å². The number of H-pyrrole nitrogens is 1. The second kappa shape index (κ2) is 8.68. The van der Waals surface area contributed by atoms with E-state index in [0.717, 1.165) is 33.3 Å². The topological polar surface area (TPSA) is 82.7 Å². The van der Waals surface area contributed by atoms with E-state index >= 15 is 0 Å². The molecule has 0 radical (unpaired) electrons. The minimum Gasteiger partial charge on any atom is -0.465 e. The summed E-state index contributed by atoms with van der Waals surface area (Å²) in [5.74, 6) is -0.567. The lowest BCUT2D eigenvalue weighted by molar-refractivity contribution is -0.159. The number of methoxy groups -OCH3 is 1. The van der Waals surface area contributed by atoms with Crippen LogP contribution < -0.4 is 0 Å². The largest absolute Gasteiger partial charge is 0.465 e. The molecule has 2 aliphatic heterocycles. The fourth-order valence-corrected chi connectivity index (χ4v) is 5.53. The normalized spacial score (nSPS) is 19.2. The zero-order chi connectivity index (χ0) is 24.8. The van der Waals surface area contributed by atoms with Crippen molar-refractivity contribution in [2.75, 3.05) is 13.7 Å². The molecule has 36 heavy (non-hydrogen) atoms. The van der Waals surface area contributed by atoms with Gasteiger partial charge in [0.2, 0.25) is 11.8 Å². The van der Waals surface area contributed by atoms with Gasteiger partial charge in [-0.05, 0) is 34.9 Å². The number of aromatic amines is 1. The molecule has 2 aliphatic rings. The standard InChI is InChI=1S/C29H25N3O4/c1-36-29(35)20-13-11-19(12-14-20)27-26-22(21-9-5-6-10-23(21)30-26)15-24-28(34)31(17-25(33)32(24)27)16-18-7-3-2-4-8-18/h2-14,24,27,30H,15-17H2,1H3/t24-,27-/m1/s1. The third-order valence-corrected chi connectivity index (χ3v) is 7.21. The van der Waals surface area contributed by atoms with Gasteiger partial charge in [-0.25, -0.2) is 4.79 Å². The molecule has 4 aromatic rings. The Labute approximate surface area is 208 Å². The molecule has 7 nitrogen and oxygen atoms in total. The van der Waals surface area contributed by atoms with E-state index in [0.29, 0.717) is 18.5 Å². The number of rotatable bonds is 4. The third-order valence-electron chi connectivity index (χ3n) is 7.21. The molecule has 0 unspecified atom stereocenters. The number of para-hydroxylation sites is 1. The number of ether oxygens (including phenoxy) is 1. The number of amides is 2. The maximum atomic E-state index is 13.8. The molecule has 3 aromatic carbocycles. The lowest BCUT2D eigenvalue weighted by atomic mass is 9.86. The number of aromatic nitrogens is 1. The van der Waals surface area contributed by atoms with Crippen molar-refractivity contribution in [3.05, 3.63) is 107 Å². The zero-order valence-electron chi connectivity index (χ0n) is 19.8. The van der Waals surface area contributed by atoms with E-state index < -0.39 is 18.1 Å². The molecular weight excluding hydrogens is 454 g/mol. The Kier molecular flexibility index (Phi) is 5.33. The number of hydrogen-bond acceptors (Lipinski definition) is 4. The van der Waals surface area contributed by atoms with Gasteiger partial charge in [0.15, 0.2) is 0 Å². The van der Waals surface area contributed by atoms with E-state index in [1.54, 1.807) is 21.9 Å². The van der Waals surface area contributed by atoms with Gasteiger partial charge in [-0.15, -0.1) is 0 Å². The van der Waals surface area contributed by atoms with Crippen molar-refractivity contribution in [1.82, 2.24) is 14.8 Å². The van der Waals surface area contributed by atoms with Gasteiger partial charge >= 0.3 is 5.97 Å². The Balaban J connectivity index is 1.44. The predicted octanol–water partition coefficient (Wildman–Crippen LogP) is 3.84. The Morgan fingerprint density at radius 3 is 2.44 bits per heavy atom. The van der Waals surface area contributed by atoms with E-state index in [2.05, 4.69) is 11.1 Å². The predicted molar refractivity (Wildman–Crippen MR) is 134 cm³/mol. The number of carbonyl (C=O) groups excluding carboxylic acids is 3. The van der Waals surface area contributed by atoms with Gasteiger partial charge in [-0.3, -0.25) is 9.59 Å². The molecule has 6 rings (SSSR count). The summed E-state index contributed by atoms with van der Waals surface area (Å²) in [4.78, 5) is 46.3. The first-order valence-corrected chi connectivity index (χ1v) is 12.0. The molecule has 0 saturated carbocycles. The summed E-state index contributed by atoms with van der Waals surface area (Å²) >= 11 is 0. The van der Waals surface area contributed by atoms with Gasteiger partial charge in [0.05, 0.1) is 18.7 Å². The molecule has 1 aromatic heterocycles. The maximum Gasteiger partial charge on any atom is 0.337 e. The lowest BCUT2D eigenvalue weighted by Gasteiger charge is -2.47. The summed E-state index contributed by atoms with van der Waals surface area (Å²) in [6.07, 6.45) is 0.450. The zero-order valence-corrected chi connectivity index (χ0v) is 19.8. The van der Waals surface area contributed by atoms with Crippen molar-refractivity contribution in [2.24, 2.45) is 0 Å². The van der Waals surface area contributed by atoms with E-state index in [9.17, 15) is 14.4 Å². The molecule has 7 heteroatoms. The van der Waals surface area contributed by atoms with Crippen LogP contribution in [0.5, 0.6) is 0 Å². The summed E-state index contributed by atoms with van der Waals surface area (Å²) in [6.45, 7) is 0.422. The Hall–Kier alpha value is -4.39. The minimum atomic E-state index is -0.605. The molecular formula is C29H25N3O4. The van der Waals surface area contributed by atoms with E-state index in [-0.39, 0.29) is 18.4 Å². The van der Waals surface area contributed by atoms with E-state index in [1.165, 1.54) is 7.11 Å². The first-order valence-electron chi connectivity index (χ1n) is 12.0. The minimum absolute atomic E-state index is 0.0243. The van der Waals surface area contributed by atoms with Gasteiger partial charge < -0.3 is 19.5 Å². The first-order chi connectivity index (χ1) is 17.5. The van der Waals surface area contributed by atoms with Crippen LogP contribution in [0.25, 0.3) is 10.9 Å². The van der Waals surface area contributed by atoms with Crippen LogP contribution in [0.4, 0.5) is 0 Å². The molecule has 0 spiro atoms. The summed E-state index contributed by atoms with van der Waals surface area (Å²) in [6, 6.07) is 23.8. The quantitative estimate of drug-likeness (QED) is 0.451. The van der Waals surface area contributed by atoms with Crippen molar-refractivity contribution in [2.45, 2.75) is 25.0 Å². The van der Waals surface area contributed by atoms with Crippen LogP contribution in [-0.2, 0) is 27.3 Å². The average molecular weight is 480 g/mol. The summed E-state index contributed by atoms with van der Waals surface area (Å²) < 4.78 is 4.84. The van der Waals surface area contributed by atoms with Crippen LogP contribution in [0.1, 0.15) is 38.8 Å². The molecule has 1 saturated heterocycles. The molecule has 3 heterocycles. The second-order valence-corrected chi connectivity index (χ2v) is 9.28. The number of nitrogens with zero attached hydrogens (tertiary/aromatic N) is 2. The smallest absolute Gasteiger partial charge is 0.337 e. The highest BCUT2D eigenvalue weighted by Crippen LogP contribution is 2.42. The van der Waals surface area contributed by atoms with Gasteiger partial charge in [0, 0.05) is 29.6 Å². The maximum absolute atomic E-state index is 13.8. The molecule has 180 valence electrons. The lowest BCUT2D eigenvalue weighted by Crippen LogP contribution is -2.62. The number of hydrogen-bond donors (Lipinski definition) is 1. The van der Waals surface area contributed by atoms with Crippen molar-refractivity contribution in [1.29, 1.82) is 0 Å². The van der Waals surface area contributed by atoms with Gasteiger partial charge in [-0.2, -0.15) is 0 Å². The molecule has 2 atom stereocenters. The number of fused-ring (bicyclic) bond motifs is 4. The Morgan fingerprint density at radius 1 is 0.972 bits per heavy atom. The molecule has 0 aliphatic carbocycles. The summed E-state index contributed by atoms with van der Waals surface area (Å²) in [7, 11) is 1.35. The van der Waals surface area contributed by atoms with Crippen molar-refractivity contribution in [3.63, 3.8) is 0 Å². The number of piperazine rings is 1. The number of benzene rings is 3. The number of esters is 1.